The van der Waals surface area contributed by atoms with Crippen LogP contribution in [0.1, 0.15) is 30.4 Å². The van der Waals surface area contributed by atoms with Gasteiger partial charge in [0.25, 0.3) is 5.91 Å². The number of piperidine rings is 1. The van der Waals surface area contributed by atoms with E-state index < -0.39 is 39.7 Å². The van der Waals surface area contributed by atoms with Gasteiger partial charge in [-0.1, -0.05) is 48.0 Å². The molecule has 1 unspecified atom stereocenters. The molecular formula is C29H30FN3O4S. The van der Waals surface area contributed by atoms with Crippen molar-refractivity contribution in [2.45, 2.75) is 49.7 Å². The number of hydrogen-bond donors (Lipinski definition) is 0. The minimum Gasteiger partial charge on any atom is -0.299 e. The fraction of sp³-hybridized carbons (Fsp3) is 0.310. The fourth-order valence-corrected chi connectivity index (χ4v) is 7.13. The summed E-state index contributed by atoms with van der Waals surface area (Å²) in [5, 5.41) is 0. The molecule has 0 radical (unpaired) electrons. The molecule has 3 aromatic carbocycles. The number of aryl methyl sites for hydroxylation is 1. The van der Waals surface area contributed by atoms with Crippen LogP contribution in [0.4, 0.5) is 10.1 Å². The number of sulfonamides is 1. The highest BCUT2D eigenvalue weighted by Gasteiger charge is 2.49. The molecule has 1 atom stereocenters. The van der Waals surface area contributed by atoms with Crippen LogP contribution in [0, 0.1) is 12.7 Å². The molecule has 2 heterocycles. The van der Waals surface area contributed by atoms with Gasteiger partial charge < -0.3 is 0 Å². The number of nitrogens with zero attached hydrogens (tertiary/aromatic N) is 3. The summed E-state index contributed by atoms with van der Waals surface area (Å²) < 4.78 is 42.7. The van der Waals surface area contributed by atoms with Crippen LogP contribution in [-0.4, -0.2) is 54.6 Å². The molecule has 0 spiro atoms. The number of hydrogen-bond acceptors (Lipinski definition) is 5. The third-order valence-electron chi connectivity index (χ3n) is 7.28. The molecule has 2 saturated heterocycles. The van der Waals surface area contributed by atoms with E-state index in [9.17, 15) is 22.4 Å². The molecule has 0 aliphatic carbocycles. The highest BCUT2D eigenvalue weighted by molar-refractivity contribution is 7.89. The molecular weight excluding hydrogens is 505 g/mol. The minimum absolute atomic E-state index is 0.0975. The van der Waals surface area contributed by atoms with Gasteiger partial charge in [-0.3, -0.25) is 14.5 Å². The molecule has 0 bridgehead atoms. The molecule has 2 aliphatic rings. The molecule has 2 fully saturated rings. The normalized spacial score (nSPS) is 19.4. The second-order valence-electron chi connectivity index (χ2n) is 9.90. The first-order chi connectivity index (χ1) is 18.2. The molecule has 0 saturated carbocycles. The summed E-state index contributed by atoms with van der Waals surface area (Å²) in [5.41, 5.74) is 2.57. The zero-order valence-corrected chi connectivity index (χ0v) is 22.0. The summed E-state index contributed by atoms with van der Waals surface area (Å²) in [6.07, 6.45) is 0.781. The average molecular weight is 536 g/mol. The van der Waals surface area contributed by atoms with Gasteiger partial charge in [0.2, 0.25) is 15.9 Å². The van der Waals surface area contributed by atoms with Gasteiger partial charge in [-0.05, 0) is 61.7 Å². The van der Waals surface area contributed by atoms with Crippen LogP contribution >= 0.6 is 0 Å². The number of imide groups is 1. The molecule has 38 heavy (non-hydrogen) atoms. The second kappa shape index (κ2) is 10.8. The summed E-state index contributed by atoms with van der Waals surface area (Å²) >= 11 is 0. The smallest absolute Gasteiger partial charge is 0.252 e. The maximum Gasteiger partial charge on any atom is 0.252 e. The van der Waals surface area contributed by atoms with Gasteiger partial charge in [0.1, 0.15) is 11.9 Å². The number of likely N-dealkylation sites (tertiary alicyclic amines) is 1. The first-order valence-corrected chi connectivity index (χ1v) is 14.2. The van der Waals surface area contributed by atoms with Crippen LogP contribution in [0.3, 0.4) is 0 Å². The first-order valence-electron chi connectivity index (χ1n) is 12.7. The van der Waals surface area contributed by atoms with E-state index >= 15 is 0 Å². The zero-order valence-electron chi connectivity index (χ0n) is 21.2. The van der Waals surface area contributed by atoms with E-state index in [2.05, 4.69) is 17.0 Å². The second-order valence-corrected chi connectivity index (χ2v) is 11.7. The molecule has 2 amide bonds. The number of halogens is 1. The monoisotopic (exact) mass is 535 g/mol. The van der Waals surface area contributed by atoms with Gasteiger partial charge in [-0.15, -0.1) is 0 Å². The number of rotatable bonds is 7. The third kappa shape index (κ3) is 5.27. The number of carbonyl (C=O) groups is 2. The Bertz CT molecular complexity index is 1400. The van der Waals surface area contributed by atoms with Crippen molar-refractivity contribution in [1.82, 2.24) is 9.21 Å². The van der Waals surface area contributed by atoms with Crippen LogP contribution in [0.5, 0.6) is 0 Å². The minimum atomic E-state index is -4.20. The Morgan fingerprint density at radius 1 is 0.895 bits per heavy atom. The quantitative estimate of drug-likeness (QED) is 0.426. The zero-order chi connectivity index (χ0) is 26.9. The predicted octanol–water partition coefficient (Wildman–Crippen LogP) is 4.12. The topological polar surface area (TPSA) is 78.0 Å². The maximum absolute atomic E-state index is 14.0. The predicted molar refractivity (Wildman–Crippen MR) is 142 cm³/mol. The molecule has 0 aromatic heterocycles. The van der Waals surface area contributed by atoms with Gasteiger partial charge in [0.15, 0.2) is 0 Å². The summed E-state index contributed by atoms with van der Waals surface area (Å²) in [6, 6.07) is 20.0. The van der Waals surface area contributed by atoms with Crippen molar-refractivity contribution in [3.05, 3.63) is 95.8 Å². The molecule has 9 heteroatoms. The van der Waals surface area contributed by atoms with Crippen LogP contribution < -0.4 is 4.90 Å². The Labute approximate surface area is 222 Å². The largest absolute Gasteiger partial charge is 0.299 e. The lowest BCUT2D eigenvalue weighted by Crippen LogP contribution is -2.53. The number of anilines is 1. The third-order valence-corrected chi connectivity index (χ3v) is 9.25. The van der Waals surface area contributed by atoms with Gasteiger partial charge in [-0.2, -0.15) is 4.31 Å². The molecule has 198 valence electrons. The van der Waals surface area contributed by atoms with Crippen molar-refractivity contribution < 1.29 is 22.4 Å². The summed E-state index contributed by atoms with van der Waals surface area (Å²) in [6.45, 7) is 3.94. The number of amides is 2. The van der Waals surface area contributed by atoms with Gasteiger partial charge in [-0.25, -0.2) is 17.7 Å². The molecule has 0 N–H and O–H groups in total. The van der Waals surface area contributed by atoms with Crippen molar-refractivity contribution in [2.24, 2.45) is 0 Å². The molecule has 7 nitrogen and oxygen atoms in total. The van der Waals surface area contributed by atoms with E-state index in [-0.39, 0.29) is 11.3 Å². The van der Waals surface area contributed by atoms with Crippen LogP contribution in [-0.2, 0) is 26.2 Å². The Balaban J connectivity index is 1.43. The highest BCUT2D eigenvalue weighted by Crippen LogP contribution is 2.34. The van der Waals surface area contributed by atoms with Crippen molar-refractivity contribution in [1.29, 1.82) is 0 Å². The number of carbonyl (C=O) groups excluding carboxylic acids is 2. The lowest BCUT2D eigenvalue weighted by atomic mass is 10.0. The maximum atomic E-state index is 14.0. The van der Waals surface area contributed by atoms with Crippen LogP contribution in [0.2, 0.25) is 0 Å². The summed E-state index contributed by atoms with van der Waals surface area (Å²) in [5.74, 6) is -1.55. The molecule has 3 aromatic rings. The van der Waals surface area contributed by atoms with E-state index in [1.807, 2.05) is 25.1 Å². The van der Waals surface area contributed by atoms with E-state index in [0.717, 1.165) is 29.1 Å². The molecule has 5 rings (SSSR count). The molecule has 2 aliphatic heterocycles. The van der Waals surface area contributed by atoms with E-state index in [4.69, 9.17) is 0 Å². The fourth-order valence-electron chi connectivity index (χ4n) is 5.30. The van der Waals surface area contributed by atoms with Gasteiger partial charge >= 0.3 is 0 Å². The van der Waals surface area contributed by atoms with Crippen LogP contribution in [0.15, 0.2) is 83.8 Å². The van der Waals surface area contributed by atoms with Crippen LogP contribution in [0.25, 0.3) is 0 Å². The van der Waals surface area contributed by atoms with Gasteiger partial charge in [0.05, 0.1) is 17.0 Å². The standard InChI is InChI=1S/C29H30FN3O4S/c1-21-7-11-24(12-8-21)32-28(34)19-27(29(32)35)33(38(36,37)26-13-9-23(30)10-14-26)25-15-17-31(18-16-25)20-22-5-3-2-4-6-22/h2-14,25,27H,15-20H2,1H3. The van der Waals surface area contributed by atoms with Crippen molar-refractivity contribution in [3.8, 4) is 0 Å². The SMILES string of the molecule is Cc1ccc(N2C(=O)CC(N(C3CCN(Cc4ccccc4)CC3)S(=O)(=O)c3ccc(F)cc3)C2=O)cc1. The first kappa shape index (κ1) is 26.2. The van der Waals surface area contributed by atoms with E-state index in [1.54, 1.807) is 24.3 Å². The summed E-state index contributed by atoms with van der Waals surface area (Å²) in [7, 11) is -4.20. The number of benzene rings is 3. The van der Waals surface area contributed by atoms with E-state index in [1.165, 1.54) is 22.0 Å². The Kier molecular flexibility index (Phi) is 7.43. The lowest BCUT2D eigenvalue weighted by molar-refractivity contribution is -0.122. The van der Waals surface area contributed by atoms with Crippen molar-refractivity contribution in [2.75, 3.05) is 18.0 Å². The van der Waals surface area contributed by atoms with Crippen molar-refractivity contribution >= 4 is 27.5 Å². The lowest BCUT2D eigenvalue weighted by Gasteiger charge is -2.39. The highest BCUT2D eigenvalue weighted by atomic mass is 32.2. The summed E-state index contributed by atoms with van der Waals surface area (Å²) in [4.78, 5) is 30.0. The van der Waals surface area contributed by atoms with Gasteiger partial charge in [0, 0.05) is 25.7 Å². The Hall–Kier alpha value is -3.40. The van der Waals surface area contributed by atoms with E-state index in [0.29, 0.717) is 31.6 Å². The average Bonchev–Trinajstić information content (AvgIpc) is 3.19. The Morgan fingerprint density at radius 2 is 1.53 bits per heavy atom. The van der Waals surface area contributed by atoms with Crippen molar-refractivity contribution in [3.63, 3.8) is 0 Å². The Morgan fingerprint density at radius 3 is 2.16 bits per heavy atom.